The first-order valence-electron chi connectivity index (χ1n) is 6.98. The van der Waals surface area contributed by atoms with E-state index in [0.717, 1.165) is 8.09 Å². The van der Waals surface area contributed by atoms with Gasteiger partial charge < -0.3 is 23.6 Å². The molecule has 17 heavy (non-hydrogen) atoms. The van der Waals surface area contributed by atoms with E-state index in [-0.39, 0.29) is 44.0 Å². The van der Waals surface area contributed by atoms with Crippen LogP contribution in [0.1, 0.15) is 64.2 Å². The fraction of sp³-hybridized carbons (Fsp3) is 1.00. The normalized spacial score (nSPS) is 21.3. The van der Waals surface area contributed by atoms with E-state index in [1.54, 1.807) is 0 Å². The Morgan fingerprint density at radius 3 is 1.06 bits per heavy atom. The zero-order valence-corrected chi connectivity index (χ0v) is 15.2. The topological polar surface area (TPSA) is 31.5 Å². The van der Waals surface area contributed by atoms with Crippen molar-refractivity contribution in [1.82, 2.24) is 0 Å². The van der Waals surface area contributed by atoms with Crippen molar-refractivity contribution < 1.29 is 5.48 Å². The monoisotopic (exact) mass is 302 g/mol. The number of rotatable bonds is 2. The Hall–Kier alpha value is 2.07. The third kappa shape index (κ3) is 9.58. The van der Waals surface area contributed by atoms with Crippen LogP contribution in [-0.2, 0) is 0 Å². The van der Waals surface area contributed by atoms with E-state index in [1.165, 1.54) is 64.2 Å². The molecule has 0 radical (unpaired) electrons. The molecule has 5 heteroatoms. The summed E-state index contributed by atoms with van der Waals surface area (Å²) < 4.78 is 1.98. The highest BCUT2D eigenvalue weighted by Crippen LogP contribution is 2.28. The molecule has 0 spiro atoms. The lowest BCUT2D eigenvalue weighted by Gasteiger charge is -2.17. The van der Waals surface area contributed by atoms with E-state index >= 15 is 0 Å². The quantitative estimate of drug-likeness (QED) is 0.679. The molecule has 2 aliphatic carbocycles. The van der Waals surface area contributed by atoms with Crippen LogP contribution in [0.2, 0.25) is 8.09 Å². The highest BCUT2D eigenvalue weighted by molar-refractivity contribution is 6.94. The van der Waals surface area contributed by atoms with Gasteiger partial charge in [0.05, 0.1) is 0 Å². The second-order valence-electron chi connectivity index (χ2n) is 5.32. The molecule has 2 aliphatic rings. The summed E-state index contributed by atoms with van der Waals surface area (Å²) in [5.41, 5.74) is 0. The van der Waals surface area contributed by atoms with E-state index < -0.39 is 0 Å². The highest BCUT2D eigenvalue weighted by atomic mass is 35.5. The largest absolute Gasteiger partial charge is 0.504 e. The molecule has 2 saturated carbocycles. The Morgan fingerprint density at radius 1 is 0.588 bits per heavy atom. The third-order valence-corrected chi connectivity index (χ3v) is 9.01. The van der Waals surface area contributed by atoms with Crippen molar-refractivity contribution >= 4 is 56.7 Å². The van der Waals surface area contributed by atoms with Crippen LogP contribution in [0, 0.1) is 0 Å². The van der Waals surface area contributed by atoms with Gasteiger partial charge in [0.15, 0.2) is 0 Å². The molecule has 0 aromatic heterocycles. The van der Waals surface area contributed by atoms with Crippen LogP contribution in [0.25, 0.3) is 0 Å². The molecule has 0 saturated heterocycles. The van der Waals surface area contributed by atoms with Crippen LogP contribution in [0.5, 0.6) is 0 Å². The van der Waals surface area contributed by atoms with Crippen LogP contribution in [0.4, 0.5) is 0 Å². The summed E-state index contributed by atoms with van der Waals surface area (Å²) in [7, 11) is 11.6. The van der Waals surface area contributed by atoms with Crippen molar-refractivity contribution in [3.8, 4) is 0 Å². The van der Waals surface area contributed by atoms with Crippen molar-refractivity contribution in [1.29, 1.82) is 0 Å². The number of halogens is 2. The van der Waals surface area contributed by atoms with Crippen molar-refractivity contribution in [2.75, 3.05) is 0 Å². The summed E-state index contributed by atoms with van der Waals surface area (Å²) in [6.45, 7) is 0. The minimum atomic E-state index is -0.160. The summed E-state index contributed by atoms with van der Waals surface area (Å²) in [6.07, 6.45) is 14.5. The standard InChI is InChI=1S/2C6H11.2ClH.2Mg.H2O/c2*1-2-4-6-5-3-1;;;;;/h2*1H,2-6H2;2*1H;;;1H2/q;;;;2*+1;/p-2. The molecular weight excluding hydrogens is 280 g/mol. The van der Waals surface area contributed by atoms with Gasteiger partial charge in [-0.25, -0.2) is 0 Å². The van der Waals surface area contributed by atoms with Gasteiger partial charge in [-0.2, -0.15) is 0 Å². The maximum absolute atomic E-state index is 5.82. The van der Waals surface area contributed by atoms with E-state index in [0.29, 0.717) is 0 Å². The molecule has 96 valence electrons. The van der Waals surface area contributed by atoms with E-state index in [9.17, 15) is 0 Å². The lowest BCUT2D eigenvalue weighted by Crippen LogP contribution is -2.03. The molecule has 0 aromatic carbocycles. The second-order valence-corrected chi connectivity index (χ2v) is 10.1. The number of hydrogen-bond acceptors (Lipinski definition) is 0. The van der Waals surface area contributed by atoms with Gasteiger partial charge in [0.25, 0.3) is 0 Å². The lowest BCUT2D eigenvalue weighted by atomic mass is 10.00. The smallest absolute Gasteiger partial charge is 0.412 e. The molecule has 0 bridgehead atoms. The van der Waals surface area contributed by atoms with Crippen LogP contribution >= 0.6 is 18.1 Å². The molecular formula is C12H24Cl2Mg2O. The van der Waals surface area contributed by atoms with Gasteiger partial charge in [0.1, 0.15) is 0 Å². The van der Waals surface area contributed by atoms with Gasteiger partial charge >= 0.3 is 38.5 Å². The molecule has 0 atom stereocenters. The minimum absolute atomic E-state index is 0. The molecule has 2 fully saturated rings. The van der Waals surface area contributed by atoms with E-state index in [2.05, 4.69) is 0 Å². The minimum Gasteiger partial charge on any atom is -0.412 e. The summed E-state index contributed by atoms with van der Waals surface area (Å²) in [5, 5.41) is 0. The van der Waals surface area contributed by atoms with E-state index in [4.69, 9.17) is 18.1 Å². The fourth-order valence-electron chi connectivity index (χ4n) is 2.68. The van der Waals surface area contributed by atoms with Gasteiger partial charge in [0, 0.05) is 0 Å². The van der Waals surface area contributed by atoms with Gasteiger partial charge in [-0.15, -0.1) is 8.09 Å². The summed E-state index contributed by atoms with van der Waals surface area (Å²) >= 11 is -0.319. The summed E-state index contributed by atoms with van der Waals surface area (Å²) in [6, 6.07) is 0. The molecule has 0 heterocycles. The average Bonchev–Trinajstić information content (AvgIpc) is 2.41. The van der Waals surface area contributed by atoms with E-state index in [1.807, 2.05) is 0 Å². The summed E-state index contributed by atoms with van der Waals surface area (Å²) in [4.78, 5) is 0. The fourth-order valence-corrected chi connectivity index (χ4v) is 6.31. The van der Waals surface area contributed by atoms with Gasteiger partial charge in [-0.05, 0) is 0 Å². The SMILES string of the molecule is O.[Cl][Mg][CH]1CCCCC1.[Cl][Mg][CH]1CCCCC1. The Morgan fingerprint density at radius 2 is 0.882 bits per heavy atom. The first-order chi connectivity index (χ1) is 7.86. The highest BCUT2D eigenvalue weighted by Gasteiger charge is 2.14. The maximum Gasteiger partial charge on any atom is 0.504 e. The Kier molecular flexibility index (Phi) is 14.7. The maximum atomic E-state index is 5.82. The first kappa shape index (κ1) is 19.1. The Balaban J connectivity index is 0.000000284. The molecule has 0 aromatic rings. The predicted molar refractivity (Wildman–Crippen MR) is 80.5 cm³/mol. The van der Waals surface area contributed by atoms with Gasteiger partial charge in [-0.3, -0.25) is 0 Å². The summed E-state index contributed by atoms with van der Waals surface area (Å²) in [5.74, 6) is 0. The van der Waals surface area contributed by atoms with Crippen molar-refractivity contribution in [2.24, 2.45) is 0 Å². The number of hydrogen-bond donors (Lipinski definition) is 0. The van der Waals surface area contributed by atoms with Crippen LogP contribution in [-0.4, -0.2) is 44.0 Å². The first-order valence-corrected chi connectivity index (χ1v) is 12.9. The second kappa shape index (κ2) is 13.1. The molecule has 2 N–H and O–H groups in total. The molecule has 0 aliphatic heterocycles. The van der Waals surface area contributed by atoms with Crippen molar-refractivity contribution in [2.45, 2.75) is 72.3 Å². The predicted octanol–water partition coefficient (Wildman–Crippen LogP) is 4.37. The van der Waals surface area contributed by atoms with Gasteiger partial charge in [0.2, 0.25) is 0 Å². The van der Waals surface area contributed by atoms with Gasteiger partial charge in [-0.1, -0.05) is 64.2 Å². The van der Waals surface area contributed by atoms with Crippen molar-refractivity contribution in [3.63, 3.8) is 0 Å². The molecule has 0 unspecified atom stereocenters. The lowest BCUT2D eigenvalue weighted by molar-refractivity contribution is 0.503. The average molecular weight is 304 g/mol. The third-order valence-electron chi connectivity index (χ3n) is 3.89. The Bertz CT molecular complexity index is 143. The zero-order chi connectivity index (χ0) is 11.6. The Labute approximate surface area is 133 Å². The molecule has 2 rings (SSSR count). The zero-order valence-electron chi connectivity index (χ0n) is 10.9. The molecule has 1 nitrogen and oxygen atoms in total. The van der Waals surface area contributed by atoms with Crippen molar-refractivity contribution in [3.05, 3.63) is 0 Å². The van der Waals surface area contributed by atoms with Crippen LogP contribution in [0.3, 0.4) is 0 Å². The van der Waals surface area contributed by atoms with Crippen LogP contribution < -0.4 is 0 Å². The van der Waals surface area contributed by atoms with Crippen LogP contribution in [0.15, 0.2) is 0 Å². The molecule has 0 amide bonds.